The lowest BCUT2D eigenvalue weighted by Crippen LogP contribution is -2.45. The Balaban J connectivity index is 1.69. The van der Waals surface area contributed by atoms with Gasteiger partial charge in [0.1, 0.15) is 17.9 Å². The number of aromatic nitrogens is 1. The molecule has 1 aromatic heterocycles. The highest BCUT2D eigenvalue weighted by Gasteiger charge is 2.34. The van der Waals surface area contributed by atoms with Crippen LogP contribution >= 0.6 is 0 Å². The Bertz CT molecular complexity index is 722. The van der Waals surface area contributed by atoms with E-state index < -0.39 is 6.09 Å². The van der Waals surface area contributed by atoms with Gasteiger partial charge in [0.05, 0.1) is 5.69 Å². The van der Waals surface area contributed by atoms with Gasteiger partial charge in [-0.3, -0.25) is 4.79 Å². The molecule has 3 rings (SSSR count). The smallest absolute Gasteiger partial charge is 0.429 e. The summed E-state index contributed by atoms with van der Waals surface area (Å²) in [6.07, 6.45) is 0.173. The first kappa shape index (κ1) is 16.0. The van der Waals surface area contributed by atoms with Gasteiger partial charge in [0.15, 0.2) is 0 Å². The third kappa shape index (κ3) is 3.10. The van der Waals surface area contributed by atoms with E-state index in [4.69, 9.17) is 9.26 Å². The minimum absolute atomic E-state index is 0.170. The van der Waals surface area contributed by atoms with Crippen LogP contribution in [0.15, 0.2) is 34.9 Å². The molecule has 2 heterocycles. The quantitative estimate of drug-likeness (QED) is 0.865. The molecule has 24 heavy (non-hydrogen) atoms. The fourth-order valence-corrected chi connectivity index (χ4v) is 2.72. The molecular formula is C17H19N3O4. The summed E-state index contributed by atoms with van der Waals surface area (Å²) in [5.41, 5.74) is 1.81. The summed E-state index contributed by atoms with van der Waals surface area (Å²) >= 11 is 0. The van der Waals surface area contributed by atoms with Crippen molar-refractivity contribution in [3.05, 3.63) is 52.9 Å². The molecule has 7 heteroatoms. The second-order valence-corrected chi connectivity index (χ2v) is 5.64. The van der Waals surface area contributed by atoms with Crippen LogP contribution in [-0.2, 0) is 11.3 Å². The lowest BCUT2D eigenvalue weighted by Gasteiger charge is -2.27. The predicted molar refractivity (Wildman–Crippen MR) is 85.0 cm³/mol. The van der Waals surface area contributed by atoms with Gasteiger partial charge in [-0.05, 0) is 25.8 Å². The number of hydrogen-bond donors (Lipinski definition) is 0. The molecule has 2 aromatic rings. The molecule has 0 bridgehead atoms. The van der Waals surface area contributed by atoms with Crippen LogP contribution in [0.3, 0.4) is 0 Å². The van der Waals surface area contributed by atoms with E-state index in [1.807, 2.05) is 30.3 Å². The molecule has 0 spiro atoms. The maximum absolute atomic E-state index is 12.7. The fraction of sp³-hybridized carbons (Fsp3) is 0.353. The molecule has 0 aliphatic carbocycles. The van der Waals surface area contributed by atoms with Crippen molar-refractivity contribution in [1.29, 1.82) is 0 Å². The van der Waals surface area contributed by atoms with Crippen molar-refractivity contribution < 1.29 is 18.8 Å². The van der Waals surface area contributed by atoms with E-state index in [9.17, 15) is 9.59 Å². The molecule has 0 saturated carbocycles. The zero-order valence-electron chi connectivity index (χ0n) is 13.7. The first-order valence-electron chi connectivity index (χ1n) is 7.81. The summed E-state index contributed by atoms with van der Waals surface area (Å²) < 4.78 is 10.4. The second kappa shape index (κ2) is 6.74. The van der Waals surface area contributed by atoms with E-state index in [1.165, 1.54) is 10.0 Å². The molecular weight excluding hydrogens is 310 g/mol. The van der Waals surface area contributed by atoms with Crippen molar-refractivity contribution in [2.24, 2.45) is 0 Å². The third-order valence-electron chi connectivity index (χ3n) is 3.93. The summed E-state index contributed by atoms with van der Waals surface area (Å²) in [4.78, 5) is 25.1. The first-order valence-corrected chi connectivity index (χ1v) is 7.81. The predicted octanol–water partition coefficient (Wildman–Crippen LogP) is 2.69. The van der Waals surface area contributed by atoms with Crippen LogP contribution in [0.2, 0.25) is 0 Å². The largest absolute Gasteiger partial charge is 0.443 e. The normalized spacial score (nSPS) is 14.1. The molecule has 2 amide bonds. The highest BCUT2D eigenvalue weighted by Crippen LogP contribution is 2.20. The Hall–Kier alpha value is -2.83. The van der Waals surface area contributed by atoms with E-state index in [2.05, 4.69) is 5.16 Å². The van der Waals surface area contributed by atoms with Gasteiger partial charge in [0, 0.05) is 13.1 Å². The minimum Gasteiger partial charge on any atom is -0.443 e. The van der Waals surface area contributed by atoms with Gasteiger partial charge in [0.25, 0.3) is 5.91 Å². The molecule has 0 N–H and O–H groups in total. The van der Waals surface area contributed by atoms with Gasteiger partial charge >= 0.3 is 6.09 Å². The van der Waals surface area contributed by atoms with E-state index in [0.29, 0.717) is 36.5 Å². The van der Waals surface area contributed by atoms with E-state index in [1.54, 1.807) is 13.8 Å². The van der Waals surface area contributed by atoms with Gasteiger partial charge in [-0.15, -0.1) is 0 Å². The Labute approximate surface area is 139 Å². The van der Waals surface area contributed by atoms with Gasteiger partial charge in [-0.2, -0.15) is 0 Å². The van der Waals surface area contributed by atoms with Crippen LogP contribution in [0.25, 0.3) is 0 Å². The summed E-state index contributed by atoms with van der Waals surface area (Å²) in [5.74, 6) is 0.155. The van der Waals surface area contributed by atoms with Gasteiger partial charge in [-0.25, -0.2) is 14.8 Å². The van der Waals surface area contributed by atoms with Crippen LogP contribution in [0.4, 0.5) is 4.79 Å². The van der Waals surface area contributed by atoms with E-state index >= 15 is 0 Å². The van der Waals surface area contributed by atoms with Crippen LogP contribution in [0.1, 0.15) is 33.8 Å². The molecule has 1 fully saturated rings. The fourth-order valence-electron chi connectivity index (χ4n) is 2.72. The lowest BCUT2D eigenvalue weighted by atomic mass is 10.2. The Morgan fingerprint density at radius 2 is 1.88 bits per heavy atom. The molecule has 1 aliphatic heterocycles. The number of amides is 2. The average molecular weight is 329 g/mol. The first-order chi connectivity index (χ1) is 11.6. The molecule has 126 valence electrons. The van der Waals surface area contributed by atoms with E-state index in [-0.39, 0.29) is 12.5 Å². The Morgan fingerprint density at radius 3 is 2.54 bits per heavy atom. The van der Waals surface area contributed by atoms with Crippen molar-refractivity contribution in [1.82, 2.24) is 15.2 Å². The highest BCUT2D eigenvalue weighted by molar-refractivity contribution is 5.97. The lowest BCUT2D eigenvalue weighted by molar-refractivity contribution is 0.0109. The topological polar surface area (TPSA) is 75.9 Å². The summed E-state index contributed by atoms with van der Waals surface area (Å²) in [7, 11) is 0. The summed E-state index contributed by atoms with van der Waals surface area (Å²) in [5, 5.41) is 6.54. The molecule has 0 radical (unpaired) electrons. The maximum atomic E-state index is 12.7. The minimum atomic E-state index is -0.531. The Kier molecular flexibility index (Phi) is 4.50. The number of ether oxygens (including phenoxy) is 1. The number of benzene rings is 1. The van der Waals surface area contributed by atoms with Gasteiger partial charge < -0.3 is 9.26 Å². The number of nitrogens with zero attached hydrogens (tertiary/aromatic N) is 3. The van der Waals surface area contributed by atoms with E-state index in [0.717, 1.165) is 5.56 Å². The van der Waals surface area contributed by atoms with Crippen LogP contribution in [0.5, 0.6) is 0 Å². The monoisotopic (exact) mass is 329 g/mol. The Morgan fingerprint density at radius 1 is 1.17 bits per heavy atom. The summed E-state index contributed by atoms with van der Waals surface area (Å²) in [6.45, 7) is 4.47. The molecule has 7 nitrogen and oxygen atoms in total. The number of hydrazine groups is 1. The zero-order valence-corrected chi connectivity index (χ0v) is 13.7. The number of carbonyl (C=O) groups excluding carboxylic acids is 2. The van der Waals surface area contributed by atoms with Gasteiger partial charge in [-0.1, -0.05) is 35.5 Å². The van der Waals surface area contributed by atoms with Crippen molar-refractivity contribution in [2.75, 3.05) is 13.1 Å². The SMILES string of the molecule is Cc1noc(C)c1C(=O)N1CCCN1C(=O)OCc1ccccc1. The summed E-state index contributed by atoms with van der Waals surface area (Å²) in [6, 6.07) is 9.42. The number of aryl methyl sites for hydroxylation is 2. The zero-order chi connectivity index (χ0) is 17.1. The number of rotatable bonds is 3. The van der Waals surface area contributed by atoms with Crippen LogP contribution < -0.4 is 0 Å². The van der Waals surface area contributed by atoms with Crippen LogP contribution in [0, 0.1) is 13.8 Å². The molecule has 1 saturated heterocycles. The van der Waals surface area contributed by atoms with Crippen LogP contribution in [-0.4, -0.2) is 40.3 Å². The maximum Gasteiger partial charge on any atom is 0.429 e. The van der Waals surface area contributed by atoms with Crippen molar-refractivity contribution in [2.45, 2.75) is 26.9 Å². The van der Waals surface area contributed by atoms with Crippen molar-refractivity contribution in [3.8, 4) is 0 Å². The second-order valence-electron chi connectivity index (χ2n) is 5.64. The van der Waals surface area contributed by atoms with Gasteiger partial charge in [0.2, 0.25) is 0 Å². The third-order valence-corrected chi connectivity index (χ3v) is 3.93. The molecule has 0 atom stereocenters. The highest BCUT2D eigenvalue weighted by atomic mass is 16.6. The molecule has 1 aromatic carbocycles. The van der Waals surface area contributed by atoms with Crippen molar-refractivity contribution >= 4 is 12.0 Å². The number of carbonyl (C=O) groups is 2. The number of hydrogen-bond acceptors (Lipinski definition) is 5. The van der Waals surface area contributed by atoms with Crippen molar-refractivity contribution in [3.63, 3.8) is 0 Å². The average Bonchev–Trinajstić information content (AvgIpc) is 3.20. The standard InChI is InChI=1S/C17H19N3O4/c1-12-15(13(2)24-18-12)16(21)19-9-6-10-20(19)17(22)23-11-14-7-4-3-5-8-14/h3-5,7-8H,6,9-11H2,1-2H3. The molecule has 1 aliphatic rings. The molecule has 0 unspecified atom stereocenters.